The minimum Gasteiger partial charge on any atom is -0.497 e. The van der Waals surface area contributed by atoms with Gasteiger partial charge >= 0.3 is 35.8 Å². The fraction of sp³-hybridized carbons (Fsp3) is 0.277. The molecule has 1 saturated carbocycles. The second kappa shape index (κ2) is 33.7. The standard InChI is InChI=1S/C30H32O5.C27H28O5.C26H26O5/c1-20-18-24(33-3)12-14-26(20)30(16-6-5-7-17-30)27-15-13-25(19-21(27)2)35-29(32)23-10-8-22(9-11-23)28(31)34-4;1-5-18-27(2,21-10-14-23(30-3)15-11-21)22-12-16-24(17-13-22)32-26(29)20-8-6-19(7-9-20)25(28)31-4;1-5-26(2,20-10-14-22(29-3)15-11-20)21-12-16-23(17-13-21)31-25(28)19-8-6-18(7-9-19)24(27)30-4/h8-15,18-19H,5-7,16-17H2,1-4H3;6-17H,5,18H2,1-4H3;6-17H,5H2,1-4H3. The van der Waals surface area contributed by atoms with E-state index < -0.39 is 35.8 Å². The van der Waals surface area contributed by atoms with Crippen LogP contribution in [0, 0.1) is 13.8 Å². The molecule has 2 atom stereocenters. The number of aryl methyl sites for hydroxylation is 2. The molecule has 0 spiro atoms. The molecule has 0 heterocycles. The first-order valence-electron chi connectivity index (χ1n) is 32.7. The predicted octanol–water partition coefficient (Wildman–Crippen LogP) is 17.8. The van der Waals surface area contributed by atoms with E-state index in [9.17, 15) is 28.8 Å². The van der Waals surface area contributed by atoms with E-state index in [1.807, 2.05) is 72.8 Å². The summed E-state index contributed by atoms with van der Waals surface area (Å²) >= 11 is 0. The van der Waals surface area contributed by atoms with Crippen molar-refractivity contribution in [3.05, 3.63) is 284 Å². The molecule has 9 aromatic rings. The lowest BCUT2D eigenvalue weighted by atomic mass is 9.63. The number of esters is 6. The maximum atomic E-state index is 12.7. The highest BCUT2D eigenvalue weighted by Gasteiger charge is 2.38. The van der Waals surface area contributed by atoms with Crippen molar-refractivity contribution in [3.8, 4) is 34.5 Å². The van der Waals surface area contributed by atoms with Crippen LogP contribution in [0.2, 0.25) is 0 Å². The summed E-state index contributed by atoms with van der Waals surface area (Å²) in [5, 5.41) is 0. The summed E-state index contributed by atoms with van der Waals surface area (Å²) in [6, 6.07) is 62.3. The zero-order chi connectivity index (χ0) is 70.6. The fourth-order valence-electron chi connectivity index (χ4n) is 12.7. The number of rotatable bonds is 21. The molecule has 0 aromatic heterocycles. The fourth-order valence-corrected chi connectivity index (χ4v) is 12.7. The molecule has 1 aliphatic rings. The first-order valence-corrected chi connectivity index (χ1v) is 32.7. The van der Waals surface area contributed by atoms with Crippen molar-refractivity contribution < 1.29 is 71.4 Å². The molecule has 0 aliphatic heterocycles. The summed E-state index contributed by atoms with van der Waals surface area (Å²) < 4.78 is 46.7. The van der Waals surface area contributed by atoms with Gasteiger partial charge in [0.2, 0.25) is 0 Å². The molecular formula is C83H86O15. The summed E-state index contributed by atoms with van der Waals surface area (Å²) in [6.45, 7) is 13.0. The van der Waals surface area contributed by atoms with Gasteiger partial charge in [-0.05, 0) is 230 Å². The Labute approximate surface area is 574 Å². The van der Waals surface area contributed by atoms with Crippen molar-refractivity contribution in [3.63, 3.8) is 0 Å². The molecule has 10 rings (SSSR count). The van der Waals surface area contributed by atoms with Crippen molar-refractivity contribution in [1.29, 1.82) is 0 Å². The summed E-state index contributed by atoms with van der Waals surface area (Å²) in [5.74, 6) is 1.16. The summed E-state index contributed by atoms with van der Waals surface area (Å²) in [6.07, 6.45) is 8.71. The molecular weight excluding hydrogens is 1240 g/mol. The Kier molecular flexibility index (Phi) is 25.1. The number of carbonyl (C=O) groups excluding carboxylic acids is 6. The van der Waals surface area contributed by atoms with Gasteiger partial charge in [-0.15, -0.1) is 0 Å². The average molecular weight is 1320 g/mol. The van der Waals surface area contributed by atoms with Gasteiger partial charge in [-0.2, -0.15) is 0 Å². The molecule has 15 nitrogen and oxygen atoms in total. The lowest BCUT2D eigenvalue weighted by Crippen LogP contribution is -2.32. The van der Waals surface area contributed by atoms with Gasteiger partial charge < -0.3 is 42.6 Å². The quantitative estimate of drug-likeness (QED) is 0.0375. The smallest absolute Gasteiger partial charge is 0.343 e. The summed E-state index contributed by atoms with van der Waals surface area (Å²) in [4.78, 5) is 72.3. The summed E-state index contributed by atoms with van der Waals surface area (Å²) in [5.41, 5.74) is 11.4. The van der Waals surface area contributed by atoms with Gasteiger partial charge in [0, 0.05) is 16.2 Å². The van der Waals surface area contributed by atoms with E-state index >= 15 is 0 Å². The Morgan fingerprint density at radius 1 is 0.337 bits per heavy atom. The third-order valence-corrected chi connectivity index (χ3v) is 18.5. The van der Waals surface area contributed by atoms with Crippen LogP contribution in [0.3, 0.4) is 0 Å². The number of hydrogen-bond donors (Lipinski definition) is 0. The molecule has 0 N–H and O–H groups in total. The van der Waals surface area contributed by atoms with Gasteiger partial charge in [0.05, 0.1) is 76.0 Å². The predicted molar refractivity (Wildman–Crippen MR) is 378 cm³/mol. The van der Waals surface area contributed by atoms with E-state index in [2.05, 4.69) is 99.5 Å². The van der Waals surface area contributed by atoms with Crippen LogP contribution in [0.4, 0.5) is 0 Å². The third kappa shape index (κ3) is 17.4. The maximum Gasteiger partial charge on any atom is 0.343 e. The zero-order valence-corrected chi connectivity index (χ0v) is 57.9. The average Bonchev–Trinajstić information content (AvgIpc) is 0.758. The lowest BCUT2D eigenvalue weighted by Gasteiger charge is -2.40. The van der Waals surface area contributed by atoms with Crippen LogP contribution in [-0.2, 0) is 30.5 Å². The van der Waals surface area contributed by atoms with E-state index in [4.69, 9.17) is 33.2 Å². The minimum atomic E-state index is -0.488. The number of benzene rings is 9. The Hall–Kier alpha value is -10.8. The Bertz CT molecular complexity index is 4170. The van der Waals surface area contributed by atoms with Crippen LogP contribution >= 0.6 is 0 Å². The molecule has 0 bridgehead atoms. The van der Waals surface area contributed by atoms with E-state index in [0.717, 1.165) is 66.0 Å². The Morgan fingerprint density at radius 2 is 0.612 bits per heavy atom. The van der Waals surface area contributed by atoms with Crippen LogP contribution in [0.25, 0.3) is 0 Å². The molecule has 0 amide bonds. The molecule has 2 unspecified atom stereocenters. The van der Waals surface area contributed by atoms with E-state index in [-0.39, 0.29) is 16.2 Å². The Morgan fingerprint density at radius 3 is 0.908 bits per heavy atom. The van der Waals surface area contributed by atoms with Crippen molar-refractivity contribution in [2.24, 2.45) is 0 Å². The molecule has 0 saturated heterocycles. The second-order valence-corrected chi connectivity index (χ2v) is 24.4. The SMILES string of the molecule is CCC(C)(c1ccc(OC)cc1)c1ccc(OC(=O)c2ccc(C(=O)OC)cc2)cc1.CCCC(C)(c1ccc(OC)cc1)c1ccc(OC(=O)c2ccc(C(=O)OC)cc2)cc1.COC(=O)c1ccc(C(=O)Oc2ccc(C3(c4ccc(OC)cc4C)CCCCC3)c(C)c2)cc1. The van der Waals surface area contributed by atoms with Crippen LogP contribution in [0.1, 0.15) is 186 Å². The highest BCUT2D eigenvalue weighted by molar-refractivity contribution is 5.96. The van der Waals surface area contributed by atoms with Crippen LogP contribution in [0.5, 0.6) is 34.5 Å². The van der Waals surface area contributed by atoms with Crippen LogP contribution in [-0.4, -0.2) is 78.5 Å². The van der Waals surface area contributed by atoms with Crippen molar-refractivity contribution in [2.75, 3.05) is 42.7 Å². The van der Waals surface area contributed by atoms with E-state index in [1.165, 1.54) is 92.7 Å². The zero-order valence-electron chi connectivity index (χ0n) is 57.9. The summed E-state index contributed by atoms with van der Waals surface area (Å²) in [7, 11) is 8.96. The van der Waals surface area contributed by atoms with Gasteiger partial charge in [0.1, 0.15) is 34.5 Å². The maximum absolute atomic E-state index is 12.7. The molecule has 1 fully saturated rings. The molecule has 9 aromatic carbocycles. The minimum absolute atomic E-state index is 0.0645. The van der Waals surface area contributed by atoms with Gasteiger partial charge in [0.15, 0.2) is 0 Å². The number of ether oxygens (including phenoxy) is 9. The lowest BCUT2D eigenvalue weighted by molar-refractivity contribution is 0.0591. The number of methoxy groups -OCH3 is 6. The largest absolute Gasteiger partial charge is 0.497 e. The van der Waals surface area contributed by atoms with Crippen LogP contribution < -0.4 is 28.4 Å². The normalized spacial score (nSPS) is 13.3. The number of carbonyl (C=O) groups is 6. The monoisotopic (exact) mass is 1320 g/mol. The number of hydrogen-bond acceptors (Lipinski definition) is 15. The topological polar surface area (TPSA) is 185 Å². The second-order valence-electron chi connectivity index (χ2n) is 24.4. The molecule has 0 radical (unpaired) electrons. The molecule has 1 aliphatic carbocycles. The first-order chi connectivity index (χ1) is 47.2. The van der Waals surface area contributed by atoms with Gasteiger partial charge in [-0.25, -0.2) is 28.8 Å². The molecule has 98 heavy (non-hydrogen) atoms. The van der Waals surface area contributed by atoms with E-state index in [1.54, 1.807) is 82.0 Å². The Balaban J connectivity index is 0.000000188. The van der Waals surface area contributed by atoms with Crippen molar-refractivity contribution >= 4 is 35.8 Å². The van der Waals surface area contributed by atoms with Gasteiger partial charge in [-0.1, -0.05) is 114 Å². The van der Waals surface area contributed by atoms with Crippen molar-refractivity contribution in [2.45, 2.75) is 109 Å². The first kappa shape index (κ1) is 73.0. The van der Waals surface area contributed by atoms with Crippen LogP contribution in [0.15, 0.2) is 206 Å². The third-order valence-electron chi connectivity index (χ3n) is 18.5. The van der Waals surface area contributed by atoms with Crippen molar-refractivity contribution in [1.82, 2.24) is 0 Å². The molecule has 15 heteroatoms. The van der Waals surface area contributed by atoms with Gasteiger partial charge in [0.25, 0.3) is 0 Å². The van der Waals surface area contributed by atoms with Gasteiger partial charge in [-0.3, -0.25) is 0 Å². The molecule has 508 valence electrons. The highest BCUT2D eigenvalue weighted by Crippen LogP contribution is 2.48. The van der Waals surface area contributed by atoms with E-state index in [0.29, 0.717) is 50.6 Å². The highest BCUT2D eigenvalue weighted by atomic mass is 16.6.